The van der Waals surface area contributed by atoms with Crippen molar-refractivity contribution in [2.75, 3.05) is 33.3 Å². The lowest BCUT2D eigenvalue weighted by Gasteiger charge is -2.49. The molecule has 2 heterocycles. The first-order chi connectivity index (χ1) is 9.02. The Morgan fingerprint density at radius 1 is 1.26 bits per heavy atom. The van der Waals surface area contributed by atoms with Crippen molar-refractivity contribution >= 4 is 11.8 Å². The van der Waals surface area contributed by atoms with E-state index < -0.39 is 5.60 Å². The minimum atomic E-state index is -0.834. The number of methoxy groups -OCH3 is 1. The highest BCUT2D eigenvalue weighted by Crippen LogP contribution is 2.29. The van der Waals surface area contributed by atoms with Crippen LogP contribution in [0.3, 0.4) is 0 Å². The molecule has 0 aliphatic carbocycles. The normalized spacial score (nSPS) is 22.8. The van der Waals surface area contributed by atoms with Crippen LogP contribution in [0.4, 0.5) is 0 Å². The predicted octanol–water partition coefficient (Wildman–Crippen LogP) is 0.658. The zero-order chi connectivity index (χ0) is 14.0. The molecule has 0 bridgehead atoms. The number of ether oxygens (including phenoxy) is 1. The van der Waals surface area contributed by atoms with E-state index in [1.807, 2.05) is 4.90 Å². The van der Waals surface area contributed by atoms with E-state index in [0.29, 0.717) is 19.0 Å². The fraction of sp³-hybridized carbons (Fsp3) is 0.714. The molecule has 0 spiro atoms. The summed E-state index contributed by atoms with van der Waals surface area (Å²) in [5.74, 6) is 0.561. The van der Waals surface area contributed by atoms with Gasteiger partial charge in [0, 0.05) is 20.2 Å². The van der Waals surface area contributed by atoms with E-state index in [1.54, 1.807) is 12.0 Å². The van der Waals surface area contributed by atoms with Crippen LogP contribution in [0.25, 0.3) is 0 Å². The number of hydrogen-bond acceptors (Lipinski definition) is 3. The van der Waals surface area contributed by atoms with Gasteiger partial charge in [-0.3, -0.25) is 9.59 Å². The van der Waals surface area contributed by atoms with Crippen molar-refractivity contribution in [3.8, 4) is 0 Å². The predicted molar refractivity (Wildman–Crippen MR) is 71.5 cm³/mol. The molecule has 19 heavy (non-hydrogen) atoms. The summed E-state index contributed by atoms with van der Waals surface area (Å²) < 4.78 is 5.42. The molecule has 106 valence electrons. The minimum absolute atomic E-state index is 0.0232. The average Bonchev–Trinajstić information content (AvgIpc) is 2.38. The molecule has 2 rings (SSSR count). The van der Waals surface area contributed by atoms with Gasteiger partial charge in [-0.2, -0.15) is 0 Å². The average molecular weight is 266 g/mol. The monoisotopic (exact) mass is 266 g/mol. The van der Waals surface area contributed by atoms with Gasteiger partial charge in [0.2, 0.25) is 5.91 Å². The van der Waals surface area contributed by atoms with Gasteiger partial charge in [0.1, 0.15) is 0 Å². The molecule has 5 heteroatoms. The number of amides is 2. The van der Waals surface area contributed by atoms with Crippen LogP contribution in [-0.2, 0) is 14.3 Å². The van der Waals surface area contributed by atoms with E-state index in [-0.39, 0.29) is 11.8 Å². The number of hydrogen-bond donors (Lipinski definition) is 0. The molecular formula is C14H22N2O3. The molecule has 0 aromatic rings. The second-order valence-corrected chi connectivity index (χ2v) is 5.57. The fourth-order valence-electron chi connectivity index (χ4n) is 2.71. The van der Waals surface area contributed by atoms with Crippen LogP contribution in [0.5, 0.6) is 0 Å². The molecule has 2 amide bonds. The molecule has 0 saturated carbocycles. The molecule has 2 aliphatic rings. The second-order valence-electron chi connectivity index (χ2n) is 5.57. The number of carbonyl (C=O) groups excluding carboxylic acids is 2. The Kier molecular flexibility index (Phi) is 3.94. The minimum Gasteiger partial charge on any atom is -0.365 e. The van der Waals surface area contributed by atoms with Crippen molar-refractivity contribution in [2.45, 2.75) is 25.4 Å². The topological polar surface area (TPSA) is 49.9 Å². The molecule has 2 aliphatic heterocycles. The zero-order valence-electron chi connectivity index (χ0n) is 11.7. The van der Waals surface area contributed by atoms with Crippen molar-refractivity contribution in [3.63, 3.8) is 0 Å². The van der Waals surface area contributed by atoms with Gasteiger partial charge in [0.25, 0.3) is 5.91 Å². The van der Waals surface area contributed by atoms with Crippen LogP contribution < -0.4 is 0 Å². The van der Waals surface area contributed by atoms with Gasteiger partial charge in [-0.25, -0.2) is 0 Å². The maximum Gasteiger partial charge on any atom is 0.258 e. The molecule has 0 atom stereocenters. The highest BCUT2D eigenvalue weighted by atomic mass is 16.5. The molecule has 0 aromatic heterocycles. The molecule has 5 nitrogen and oxygen atoms in total. The molecule has 0 N–H and O–H groups in total. The Hall–Kier alpha value is -1.36. The van der Waals surface area contributed by atoms with Crippen LogP contribution in [0, 0.1) is 5.92 Å². The lowest BCUT2D eigenvalue weighted by atomic mass is 9.90. The summed E-state index contributed by atoms with van der Waals surface area (Å²) in [6.07, 6.45) is 3.36. The summed E-state index contributed by atoms with van der Waals surface area (Å²) in [7, 11) is 1.54. The van der Waals surface area contributed by atoms with Crippen LogP contribution in [-0.4, -0.2) is 60.5 Å². The van der Waals surface area contributed by atoms with E-state index in [9.17, 15) is 9.59 Å². The van der Waals surface area contributed by atoms with Gasteiger partial charge in [-0.05, 0) is 24.8 Å². The lowest BCUT2D eigenvalue weighted by molar-refractivity contribution is -0.181. The third-order valence-electron chi connectivity index (χ3n) is 4.23. The third-order valence-corrected chi connectivity index (χ3v) is 4.23. The van der Waals surface area contributed by atoms with Crippen LogP contribution in [0.2, 0.25) is 0 Å². The van der Waals surface area contributed by atoms with E-state index in [2.05, 4.69) is 13.5 Å². The van der Waals surface area contributed by atoms with Gasteiger partial charge < -0.3 is 14.5 Å². The SMILES string of the molecule is C=CC(=O)N1CC(OC)(C(=O)N2CCC(C)CC2)C1. The van der Waals surface area contributed by atoms with Crippen molar-refractivity contribution in [1.82, 2.24) is 9.80 Å². The number of likely N-dealkylation sites (tertiary alicyclic amines) is 2. The van der Waals surface area contributed by atoms with Gasteiger partial charge in [-0.1, -0.05) is 13.5 Å². The van der Waals surface area contributed by atoms with Gasteiger partial charge in [0.15, 0.2) is 5.60 Å². The first-order valence-corrected chi connectivity index (χ1v) is 6.78. The number of nitrogens with zero attached hydrogens (tertiary/aromatic N) is 2. The first kappa shape index (κ1) is 14.1. The zero-order valence-corrected chi connectivity index (χ0v) is 11.7. The fourth-order valence-corrected chi connectivity index (χ4v) is 2.71. The van der Waals surface area contributed by atoms with Crippen LogP contribution >= 0.6 is 0 Å². The molecule has 0 aromatic carbocycles. The van der Waals surface area contributed by atoms with Gasteiger partial charge >= 0.3 is 0 Å². The second kappa shape index (κ2) is 5.33. The largest absolute Gasteiger partial charge is 0.365 e. The van der Waals surface area contributed by atoms with Crippen molar-refractivity contribution in [2.24, 2.45) is 5.92 Å². The summed E-state index contributed by atoms with van der Waals surface area (Å²) >= 11 is 0. The lowest BCUT2D eigenvalue weighted by Crippen LogP contribution is -2.71. The molecule has 0 radical (unpaired) electrons. The van der Waals surface area contributed by atoms with Crippen molar-refractivity contribution in [1.29, 1.82) is 0 Å². The van der Waals surface area contributed by atoms with Gasteiger partial charge in [0.05, 0.1) is 13.1 Å². The summed E-state index contributed by atoms with van der Waals surface area (Å²) in [6, 6.07) is 0. The van der Waals surface area contributed by atoms with Gasteiger partial charge in [-0.15, -0.1) is 0 Å². The highest BCUT2D eigenvalue weighted by molar-refractivity contribution is 5.93. The van der Waals surface area contributed by atoms with E-state index in [0.717, 1.165) is 25.9 Å². The summed E-state index contributed by atoms with van der Waals surface area (Å²) in [5.41, 5.74) is -0.834. The Morgan fingerprint density at radius 3 is 2.32 bits per heavy atom. The molecule has 2 saturated heterocycles. The Bertz CT molecular complexity index is 380. The molecular weight excluding hydrogens is 244 g/mol. The number of rotatable bonds is 3. The number of piperidine rings is 1. The summed E-state index contributed by atoms with van der Waals surface area (Å²) in [6.45, 7) is 7.91. The smallest absolute Gasteiger partial charge is 0.258 e. The summed E-state index contributed by atoms with van der Waals surface area (Å²) in [4.78, 5) is 27.5. The maximum absolute atomic E-state index is 12.5. The van der Waals surface area contributed by atoms with Crippen LogP contribution in [0.1, 0.15) is 19.8 Å². The van der Waals surface area contributed by atoms with E-state index in [4.69, 9.17) is 4.74 Å². The Labute approximate surface area is 114 Å². The Balaban J connectivity index is 1.97. The molecule has 0 unspecified atom stereocenters. The summed E-state index contributed by atoms with van der Waals surface area (Å²) in [5, 5.41) is 0. The first-order valence-electron chi connectivity index (χ1n) is 6.78. The standard InChI is InChI=1S/C14H22N2O3/c1-4-12(17)16-9-14(10-16,19-3)13(18)15-7-5-11(2)6-8-15/h4,11H,1,5-10H2,2-3H3. The number of carbonyl (C=O) groups is 2. The van der Waals surface area contributed by atoms with E-state index in [1.165, 1.54) is 6.08 Å². The van der Waals surface area contributed by atoms with E-state index >= 15 is 0 Å². The van der Waals surface area contributed by atoms with Crippen LogP contribution in [0.15, 0.2) is 12.7 Å². The van der Waals surface area contributed by atoms with Crippen molar-refractivity contribution in [3.05, 3.63) is 12.7 Å². The maximum atomic E-state index is 12.5. The molecule has 2 fully saturated rings. The van der Waals surface area contributed by atoms with Crippen molar-refractivity contribution < 1.29 is 14.3 Å². The highest BCUT2D eigenvalue weighted by Gasteiger charge is 2.53. The Morgan fingerprint density at radius 2 is 1.84 bits per heavy atom. The quantitative estimate of drug-likeness (QED) is 0.705. The third kappa shape index (κ3) is 2.52.